The first-order valence-electron chi connectivity index (χ1n) is 7.02. The molecule has 0 spiro atoms. The van der Waals surface area contributed by atoms with Crippen LogP contribution in [-0.4, -0.2) is 22.6 Å². The van der Waals surface area contributed by atoms with E-state index in [1.54, 1.807) is 0 Å². The molecule has 4 nitrogen and oxygen atoms in total. The highest BCUT2D eigenvalue weighted by Crippen LogP contribution is 2.31. The summed E-state index contributed by atoms with van der Waals surface area (Å²) in [6.07, 6.45) is -4.03. The van der Waals surface area contributed by atoms with Gasteiger partial charge in [-0.25, -0.2) is 4.98 Å². The highest BCUT2D eigenvalue weighted by atomic mass is 19.4. The molecule has 0 fully saturated rings. The van der Waals surface area contributed by atoms with Crippen LogP contribution in [0.4, 0.5) is 22.0 Å². The van der Waals surface area contributed by atoms with E-state index in [9.17, 15) is 27.1 Å². The monoisotopic (exact) mass is 363 g/mol. The van der Waals surface area contributed by atoms with Crippen molar-refractivity contribution in [2.75, 3.05) is 6.61 Å². The molecule has 1 N–H and O–H groups in total. The predicted octanol–water partition coefficient (Wildman–Crippen LogP) is 4.19. The van der Waals surface area contributed by atoms with E-state index in [1.807, 2.05) is 0 Å². The smallest absolute Gasteiger partial charge is 0.416 e. The van der Waals surface area contributed by atoms with Crippen molar-refractivity contribution in [1.82, 2.24) is 4.98 Å². The van der Waals surface area contributed by atoms with Gasteiger partial charge in [0.05, 0.1) is 12.2 Å². The molecule has 2 aromatic rings. The lowest BCUT2D eigenvalue weighted by atomic mass is 10.1. The van der Waals surface area contributed by atoms with E-state index in [0.29, 0.717) is 6.08 Å². The topological polar surface area (TPSA) is 55.5 Å². The zero-order valence-corrected chi connectivity index (χ0v) is 12.8. The zero-order valence-electron chi connectivity index (χ0n) is 12.8. The number of aliphatic hydroxyl groups excluding tert-OH is 1. The van der Waals surface area contributed by atoms with E-state index in [1.165, 1.54) is 0 Å². The maximum atomic E-state index is 13.0. The van der Waals surface area contributed by atoms with Gasteiger partial charge in [0.15, 0.2) is 5.76 Å². The number of rotatable bonds is 7. The Bertz CT molecular complexity index is 722. The summed E-state index contributed by atoms with van der Waals surface area (Å²) in [5.74, 6) is -3.28. The van der Waals surface area contributed by atoms with Gasteiger partial charge in [-0.05, 0) is 30.3 Å². The number of alkyl halides is 5. The minimum atomic E-state index is -4.47. The second-order valence-electron chi connectivity index (χ2n) is 5.08. The van der Waals surface area contributed by atoms with Crippen molar-refractivity contribution >= 4 is 0 Å². The van der Waals surface area contributed by atoms with Crippen molar-refractivity contribution in [3.05, 3.63) is 53.9 Å². The van der Waals surface area contributed by atoms with E-state index in [2.05, 4.69) is 11.6 Å². The summed E-state index contributed by atoms with van der Waals surface area (Å²) in [6, 6.07) is 4.04. The lowest BCUT2D eigenvalue weighted by Gasteiger charge is -2.10. The van der Waals surface area contributed by atoms with E-state index in [0.717, 1.165) is 24.3 Å². The highest BCUT2D eigenvalue weighted by molar-refractivity contribution is 5.54. The molecule has 2 rings (SSSR count). The Hall–Kier alpha value is -2.26. The Morgan fingerprint density at radius 3 is 2.32 bits per heavy atom. The highest BCUT2D eigenvalue weighted by Gasteiger charge is 2.30. The maximum absolute atomic E-state index is 13.0. The fourth-order valence-corrected chi connectivity index (χ4v) is 1.89. The van der Waals surface area contributed by atoms with Gasteiger partial charge in [0.2, 0.25) is 5.89 Å². The van der Waals surface area contributed by atoms with Gasteiger partial charge in [-0.3, -0.25) is 0 Å². The van der Waals surface area contributed by atoms with Crippen molar-refractivity contribution in [1.29, 1.82) is 0 Å². The molecule has 136 valence electrons. The summed E-state index contributed by atoms with van der Waals surface area (Å²) >= 11 is 0. The first kappa shape index (κ1) is 19.1. The average molecular weight is 363 g/mol. The van der Waals surface area contributed by atoms with Crippen molar-refractivity contribution in [2.45, 2.75) is 25.3 Å². The van der Waals surface area contributed by atoms with E-state index >= 15 is 0 Å². The molecule has 25 heavy (non-hydrogen) atoms. The Morgan fingerprint density at radius 2 is 1.80 bits per heavy atom. The van der Waals surface area contributed by atoms with Crippen molar-refractivity contribution in [3.8, 4) is 11.5 Å². The molecule has 0 bridgehead atoms. The fraction of sp³-hybridized carbons (Fsp3) is 0.312. The molecule has 1 aromatic heterocycles. The quantitative estimate of drug-likeness (QED) is 0.592. The number of benzene rings is 1. The molecule has 0 aliphatic carbocycles. The number of oxazole rings is 1. The van der Waals surface area contributed by atoms with E-state index < -0.39 is 30.9 Å². The van der Waals surface area contributed by atoms with Gasteiger partial charge in [-0.2, -0.15) is 22.0 Å². The number of aliphatic hydroxyl groups is 1. The molecule has 1 heterocycles. The van der Waals surface area contributed by atoms with Crippen LogP contribution in [0.25, 0.3) is 11.5 Å². The van der Waals surface area contributed by atoms with Gasteiger partial charge >= 0.3 is 6.18 Å². The molecule has 9 heteroatoms. The molecule has 0 aliphatic rings. The standard InChI is InChI=1S/C16H14F5NO3/c1-2-15(17,18)9-24-8-12-13(7-23)25-14(22-12)10-3-5-11(6-4-10)16(19,20)21/h2-6,23H,1,7-9H2. The van der Waals surface area contributed by atoms with Crippen molar-refractivity contribution in [2.24, 2.45) is 0 Å². The average Bonchev–Trinajstić information content (AvgIpc) is 2.97. The summed E-state index contributed by atoms with van der Waals surface area (Å²) in [5.41, 5.74) is -0.511. The number of hydrogen-bond donors (Lipinski definition) is 1. The SMILES string of the molecule is C=CC(F)(F)COCc1nc(-c2ccc(C(F)(F)F)cc2)oc1CO. The third-order valence-electron chi connectivity index (χ3n) is 3.21. The van der Waals surface area contributed by atoms with Crippen LogP contribution in [0.15, 0.2) is 41.3 Å². The van der Waals surface area contributed by atoms with Crippen LogP contribution >= 0.6 is 0 Å². The molecule has 0 saturated carbocycles. The first-order chi connectivity index (χ1) is 11.7. The van der Waals surface area contributed by atoms with Gasteiger partial charge in [-0.1, -0.05) is 6.58 Å². The fourth-order valence-electron chi connectivity index (χ4n) is 1.89. The Labute approximate surface area is 139 Å². The Morgan fingerprint density at radius 1 is 1.16 bits per heavy atom. The number of nitrogens with zero attached hydrogens (tertiary/aromatic N) is 1. The molecule has 0 unspecified atom stereocenters. The van der Waals surface area contributed by atoms with E-state index in [4.69, 9.17) is 9.15 Å². The van der Waals surface area contributed by atoms with Crippen LogP contribution in [0.3, 0.4) is 0 Å². The van der Waals surface area contributed by atoms with Crippen LogP contribution in [-0.2, 0) is 24.1 Å². The lowest BCUT2D eigenvalue weighted by molar-refractivity contribution is -0.137. The maximum Gasteiger partial charge on any atom is 0.416 e. The number of aromatic nitrogens is 1. The third-order valence-corrected chi connectivity index (χ3v) is 3.21. The Kier molecular flexibility index (Phi) is 5.58. The third kappa shape index (κ3) is 4.86. The first-order valence-corrected chi connectivity index (χ1v) is 7.02. The lowest BCUT2D eigenvalue weighted by Crippen LogP contribution is -2.20. The number of ether oxygens (including phenoxy) is 1. The van der Waals surface area contributed by atoms with Crippen molar-refractivity contribution in [3.63, 3.8) is 0 Å². The van der Waals surface area contributed by atoms with Crippen LogP contribution in [0.2, 0.25) is 0 Å². The summed E-state index contributed by atoms with van der Waals surface area (Å²) in [6.45, 7) is 1.13. The normalized spacial score (nSPS) is 12.4. The second kappa shape index (κ2) is 7.32. The van der Waals surface area contributed by atoms with Gasteiger partial charge < -0.3 is 14.3 Å². The van der Waals surface area contributed by atoms with Gasteiger partial charge in [0.25, 0.3) is 5.92 Å². The van der Waals surface area contributed by atoms with Crippen LogP contribution in [0.5, 0.6) is 0 Å². The largest absolute Gasteiger partial charge is 0.438 e. The zero-order chi connectivity index (χ0) is 18.7. The summed E-state index contributed by atoms with van der Waals surface area (Å²) in [7, 11) is 0. The Balaban J connectivity index is 2.15. The summed E-state index contributed by atoms with van der Waals surface area (Å²) in [4.78, 5) is 3.98. The molecule has 0 saturated heterocycles. The number of halogens is 5. The van der Waals surface area contributed by atoms with Crippen LogP contribution in [0.1, 0.15) is 17.0 Å². The minimum Gasteiger partial charge on any atom is -0.438 e. The predicted molar refractivity (Wildman–Crippen MR) is 77.7 cm³/mol. The number of hydrogen-bond acceptors (Lipinski definition) is 4. The van der Waals surface area contributed by atoms with Crippen LogP contribution < -0.4 is 0 Å². The van der Waals surface area contributed by atoms with Gasteiger partial charge in [0.1, 0.15) is 18.9 Å². The molecule has 0 aliphatic heterocycles. The molecular weight excluding hydrogens is 349 g/mol. The summed E-state index contributed by atoms with van der Waals surface area (Å²) in [5, 5.41) is 9.23. The van der Waals surface area contributed by atoms with Gasteiger partial charge in [0, 0.05) is 5.56 Å². The second-order valence-corrected chi connectivity index (χ2v) is 5.08. The van der Waals surface area contributed by atoms with Crippen LogP contribution in [0, 0.1) is 0 Å². The molecule has 0 radical (unpaired) electrons. The summed E-state index contributed by atoms with van der Waals surface area (Å²) < 4.78 is 73.8. The van der Waals surface area contributed by atoms with Gasteiger partial charge in [-0.15, -0.1) is 0 Å². The minimum absolute atomic E-state index is 0.0168. The van der Waals surface area contributed by atoms with E-state index in [-0.39, 0.29) is 29.5 Å². The molecule has 0 amide bonds. The molecule has 0 atom stereocenters. The molecular formula is C16H14F5NO3. The molecule has 1 aromatic carbocycles. The van der Waals surface area contributed by atoms with Crippen molar-refractivity contribution < 1.29 is 36.2 Å².